The maximum Gasteiger partial charge on any atom is 0.270 e. The summed E-state index contributed by atoms with van der Waals surface area (Å²) in [4.78, 5) is 27.0. The van der Waals surface area contributed by atoms with Gasteiger partial charge in [-0.05, 0) is 103 Å². The molecule has 5 nitrogen and oxygen atoms in total. The lowest BCUT2D eigenvalue weighted by molar-refractivity contribution is -0.122. The van der Waals surface area contributed by atoms with Gasteiger partial charge in [0.15, 0.2) is 5.11 Å². The molecule has 3 rings (SSSR count). The molecule has 7 heteroatoms. The van der Waals surface area contributed by atoms with E-state index in [1.165, 1.54) is 4.90 Å². The predicted molar refractivity (Wildman–Crippen MR) is 122 cm³/mol. The summed E-state index contributed by atoms with van der Waals surface area (Å²) in [5, 5.41) is 2.69. The molecule has 2 amide bonds. The van der Waals surface area contributed by atoms with Crippen LogP contribution in [0.2, 0.25) is 0 Å². The van der Waals surface area contributed by atoms with E-state index in [4.69, 9.17) is 17.0 Å². The van der Waals surface area contributed by atoms with Crippen LogP contribution in [-0.2, 0) is 9.59 Å². The number of hydrogen-bond donors (Lipinski definition) is 1. The largest absolute Gasteiger partial charge is 0.490 e. The molecule has 1 N–H and O–H groups in total. The van der Waals surface area contributed by atoms with Gasteiger partial charge in [-0.3, -0.25) is 19.8 Å². The summed E-state index contributed by atoms with van der Waals surface area (Å²) in [5.41, 5.74) is 3.34. The first-order chi connectivity index (χ1) is 13.7. The van der Waals surface area contributed by atoms with E-state index >= 15 is 0 Å². The monoisotopic (exact) mass is 472 g/mol. The van der Waals surface area contributed by atoms with Crippen molar-refractivity contribution in [3.05, 3.63) is 63.1 Å². The number of aryl methyl sites for hydroxylation is 2. The second-order valence-electron chi connectivity index (χ2n) is 7.16. The number of hydrogen-bond acceptors (Lipinski definition) is 4. The Hall–Kier alpha value is -2.51. The molecule has 1 fully saturated rings. The van der Waals surface area contributed by atoms with Crippen LogP contribution in [0.15, 0.2) is 46.4 Å². The van der Waals surface area contributed by atoms with Gasteiger partial charge in [0.25, 0.3) is 11.8 Å². The summed E-state index contributed by atoms with van der Waals surface area (Å²) in [6.07, 6.45) is 1.59. The summed E-state index contributed by atoms with van der Waals surface area (Å²) >= 11 is 8.74. The number of anilines is 1. The van der Waals surface area contributed by atoms with E-state index < -0.39 is 11.8 Å². The first-order valence-corrected chi connectivity index (χ1v) is 10.3. The van der Waals surface area contributed by atoms with Crippen molar-refractivity contribution in [2.45, 2.75) is 33.8 Å². The number of ether oxygens (including phenoxy) is 1. The van der Waals surface area contributed by atoms with E-state index in [0.717, 1.165) is 15.6 Å². The molecule has 0 saturated carbocycles. The Morgan fingerprint density at radius 3 is 2.34 bits per heavy atom. The van der Waals surface area contributed by atoms with Crippen LogP contribution in [0.5, 0.6) is 5.75 Å². The number of benzene rings is 2. The number of nitrogens with zero attached hydrogens (tertiary/aromatic N) is 1. The molecular formula is C22H21BrN2O3S. The zero-order chi connectivity index (χ0) is 21.3. The van der Waals surface area contributed by atoms with Crippen LogP contribution in [0.4, 0.5) is 5.69 Å². The highest BCUT2D eigenvalue weighted by molar-refractivity contribution is 9.10. The van der Waals surface area contributed by atoms with Crippen molar-refractivity contribution in [2.24, 2.45) is 0 Å². The third-order valence-corrected chi connectivity index (χ3v) is 5.10. The van der Waals surface area contributed by atoms with Crippen molar-refractivity contribution in [3.8, 4) is 5.75 Å². The zero-order valence-electron chi connectivity index (χ0n) is 16.6. The Labute approximate surface area is 183 Å². The fourth-order valence-corrected chi connectivity index (χ4v) is 3.87. The fourth-order valence-electron chi connectivity index (χ4n) is 3.09. The number of carbonyl (C=O) groups is 2. The SMILES string of the molecule is Cc1cc(C)cc(N2C(=O)C(=Cc3ccc(OC(C)C)c(Br)c3)C(=O)NC2=S)c1. The van der Waals surface area contributed by atoms with Crippen LogP contribution in [-0.4, -0.2) is 23.0 Å². The number of halogens is 1. The van der Waals surface area contributed by atoms with Crippen molar-refractivity contribution in [3.63, 3.8) is 0 Å². The van der Waals surface area contributed by atoms with Crippen LogP contribution < -0.4 is 15.0 Å². The van der Waals surface area contributed by atoms with Crippen LogP contribution in [0.25, 0.3) is 6.08 Å². The number of amides is 2. The molecule has 1 aliphatic rings. The summed E-state index contributed by atoms with van der Waals surface area (Å²) in [7, 11) is 0. The first-order valence-electron chi connectivity index (χ1n) is 9.11. The van der Waals surface area contributed by atoms with Gasteiger partial charge in [0.2, 0.25) is 0 Å². The van der Waals surface area contributed by atoms with Crippen LogP contribution >= 0.6 is 28.1 Å². The molecule has 150 valence electrons. The molecule has 29 heavy (non-hydrogen) atoms. The van der Waals surface area contributed by atoms with Crippen molar-refractivity contribution in [1.82, 2.24) is 5.32 Å². The Morgan fingerprint density at radius 2 is 1.76 bits per heavy atom. The van der Waals surface area contributed by atoms with E-state index in [-0.39, 0.29) is 16.8 Å². The highest BCUT2D eigenvalue weighted by Crippen LogP contribution is 2.29. The minimum Gasteiger partial charge on any atom is -0.490 e. The third kappa shape index (κ3) is 4.74. The summed E-state index contributed by atoms with van der Waals surface area (Å²) in [6.45, 7) is 7.78. The van der Waals surface area contributed by atoms with Crippen LogP contribution in [0.3, 0.4) is 0 Å². The Bertz CT molecular complexity index is 1030. The first kappa shape index (κ1) is 21.2. The predicted octanol–water partition coefficient (Wildman–Crippen LogP) is 4.68. The number of carbonyl (C=O) groups excluding carboxylic acids is 2. The van der Waals surface area contributed by atoms with Gasteiger partial charge in [-0.15, -0.1) is 0 Å². The average molecular weight is 473 g/mol. The van der Waals surface area contributed by atoms with Gasteiger partial charge in [0, 0.05) is 0 Å². The normalized spacial score (nSPS) is 15.9. The quantitative estimate of drug-likeness (QED) is 0.398. The lowest BCUT2D eigenvalue weighted by Crippen LogP contribution is -2.54. The minimum absolute atomic E-state index is 0.0159. The standard InChI is InChI=1S/C22H21BrN2O3S/c1-12(2)28-19-6-5-15(11-18(19)23)10-17-20(26)24-22(29)25(21(17)27)16-8-13(3)7-14(4)9-16/h5-12H,1-4H3,(H,24,26,29). The number of nitrogens with one attached hydrogen (secondary N) is 1. The van der Waals surface area contributed by atoms with Gasteiger partial charge < -0.3 is 4.74 Å². The van der Waals surface area contributed by atoms with Crippen LogP contribution in [0.1, 0.15) is 30.5 Å². The molecule has 2 aromatic carbocycles. The molecule has 1 heterocycles. The fraction of sp³-hybridized carbons (Fsp3) is 0.227. The Kier molecular flexibility index (Phi) is 6.19. The van der Waals surface area contributed by atoms with Crippen molar-refractivity contribution in [1.29, 1.82) is 0 Å². The van der Waals surface area contributed by atoms with Gasteiger partial charge in [0.05, 0.1) is 16.3 Å². The molecule has 1 aliphatic heterocycles. The molecule has 1 saturated heterocycles. The van der Waals surface area contributed by atoms with E-state index in [9.17, 15) is 9.59 Å². The van der Waals surface area contributed by atoms with Gasteiger partial charge in [-0.25, -0.2) is 0 Å². The van der Waals surface area contributed by atoms with Gasteiger partial charge in [-0.1, -0.05) is 12.1 Å². The summed E-state index contributed by atoms with van der Waals surface area (Å²) in [5.74, 6) is -0.277. The Balaban J connectivity index is 1.98. The molecule has 0 atom stereocenters. The van der Waals surface area contributed by atoms with Crippen molar-refractivity contribution < 1.29 is 14.3 Å². The molecule has 0 bridgehead atoms. The molecule has 0 aliphatic carbocycles. The maximum absolute atomic E-state index is 13.1. The smallest absolute Gasteiger partial charge is 0.270 e. The summed E-state index contributed by atoms with van der Waals surface area (Å²) in [6, 6.07) is 11.1. The van der Waals surface area contributed by atoms with Gasteiger partial charge >= 0.3 is 0 Å². The molecule has 2 aromatic rings. The van der Waals surface area contributed by atoms with Crippen LogP contribution in [0, 0.1) is 13.8 Å². The molecule has 0 unspecified atom stereocenters. The third-order valence-electron chi connectivity index (χ3n) is 4.20. The van der Waals surface area contributed by atoms with E-state index in [1.807, 2.05) is 45.9 Å². The van der Waals surface area contributed by atoms with E-state index in [0.29, 0.717) is 17.0 Å². The highest BCUT2D eigenvalue weighted by atomic mass is 79.9. The maximum atomic E-state index is 13.1. The minimum atomic E-state index is -0.515. The van der Waals surface area contributed by atoms with Crippen molar-refractivity contribution >= 4 is 56.8 Å². The highest BCUT2D eigenvalue weighted by Gasteiger charge is 2.34. The summed E-state index contributed by atoms with van der Waals surface area (Å²) < 4.78 is 6.45. The van der Waals surface area contributed by atoms with E-state index in [2.05, 4.69) is 21.2 Å². The molecular weight excluding hydrogens is 452 g/mol. The number of rotatable bonds is 4. The average Bonchev–Trinajstić information content (AvgIpc) is 2.59. The van der Waals surface area contributed by atoms with Crippen molar-refractivity contribution in [2.75, 3.05) is 4.90 Å². The second-order valence-corrected chi connectivity index (χ2v) is 8.40. The molecule has 0 aromatic heterocycles. The number of thiocarbonyl (C=S) groups is 1. The van der Waals surface area contributed by atoms with Gasteiger partial charge in [0.1, 0.15) is 11.3 Å². The molecule has 0 radical (unpaired) electrons. The zero-order valence-corrected chi connectivity index (χ0v) is 19.0. The second kappa shape index (κ2) is 8.47. The topological polar surface area (TPSA) is 58.6 Å². The lowest BCUT2D eigenvalue weighted by atomic mass is 10.1. The van der Waals surface area contributed by atoms with Gasteiger partial charge in [-0.2, -0.15) is 0 Å². The van der Waals surface area contributed by atoms with E-state index in [1.54, 1.807) is 24.3 Å². The lowest BCUT2D eigenvalue weighted by Gasteiger charge is -2.29. The Morgan fingerprint density at radius 1 is 1.10 bits per heavy atom. The molecule has 0 spiro atoms.